The summed E-state index contributed by atoms with van der Waals surface area (Å²) in [6.45, 7) is 0.897. The molecule has 1 N–H and O–H groups in total. The number of nitrogens with one attached hydrogen (secondary N) is 1. The molecule has 0 atom stereocenters. The molecule has 0 amide bonds. The van der Waals surface area contributed by atoms with Crippen LogP contribution in [0.5, 0.6) is 11.5 Å². The molecule has 0 unspecified atom stereocenters. The van der Waals surface area contributed by atoms with E-state index in [-0.39, 0.29) is 19.0 Å². The van der Waals surface area contributed by atoms with E-state index in [4.69, 9.17) is 9.47 Å². The Morgan fingerprint density at radius 2 is 1.88 bits per heavy atom. The Morgan fingerprint density at radius 3 is 2.56 bits per heavy atom. The summed E-state index contributed by atoms with van der Waals surface area (Å²) in [7, 11) is 3.19. The van der Waals surface area contributed by atoms with Gasteiger partial charge in [-0.25, -0.2) is 0 Å². The number of ether oxygens (including phenoxy) is 2. The molecule has 0 bridgehead atoms. The molecule has 1 aromatic heterocycles. The standard InChI is InChI=1S/C16H21N3O5.ClH/c1-22-15-10-12-13(6-8-18-14(12)11-16(15)23-2)17-7-4-3-5-9-24-19(20)21;/h6,8,10-11H,3-5,7,9H2,1-2H3,(H,17,18);1H. The minimum Gasteiger partial charge on any atom is -0.493 e. The smallest absolute Gasteiger partial charge is 0.294 e. The van der Waals surface area contributed by atoms with Crippen molar-refractivity contribution in [3.63, 3.8) is 0 Å². The van der Waals surface area contributed by atoms with Gasteiger partial charge in [0.2, 0.25) is 0 Å². The third kappa shape index (κ3) is 5.82. The topological polar surface area (TPSA) is 95.8 Å². The zero-order valence-electron chi connectivity index (χ0n) is 14.2. The number of anilines is 1. The van der Waals surface area contributed by atoms with Crippen LogP contribution < -0.4 is 14.8 Å². The molecule has 0 saturated carbocycles. The minimum absolute atomic E-state index is 0. The predicted molar refractivity (Wildman–Crippen MR) is 97.4 cm³/mol. The van der Waals surface area contributed by atoms with Gasteiger partial charge in [-0.05, 0) is 31.4 Å². The number of hydrogen-bond donors (Lipinski definition) is 1. The van der Waals surface area contributed by atoms with Crippen molar-refractivity contribution in [2.45, 2.75) is 19.3 Å². The zero-order chi connectivity index (χ0) is 17.4. The van der Waals surface area contributed by atoms with Gasteiger partial charge in [-0.2, -0.15) is 0 Å². The maximum Gasteiger partial charge on any atom is 0.294 e. The molecular formula is C16H22ClN3O5. The molecule has 0 spiro atoms. The first kappa shape index (κ1) is 20.6. The minimum atomic E-state index is -0.761. The Balaban J connectivity index is 0.00000312. The highest BCUT2D eigenvalue weighted by atomic mass is 35.5. The van der Waals surface area contributed by atoms with Gasteiger partial charge in [0.25, 0.3) is 5.09 Å². The number of pyridine rings is 1. The number of rotatable bonds is 10. The Morgan fingerprint density at radius 1 is 1.16 bits per heavy atom. The lowest BCUT2D eigenvalue weighted by Gasteiger charge is -2.12. The SMILES string of the molecule is COc1cc2nccc(NCCCCCO[N+](=O)[O-])c2cc1OC.Cl. The first-order chi connectivity index (χ1) is 11.7. The van der Waals surface area contributed by atoms with Crippen LogP contribution in [0.2, 0.25) is 0 Å². The number of nitrogens with zero attached hydrogens (tertiary/aromatic N) is 2. The summed E-state index contributed by atoms with van der Waals surface area (Å²) in [4.78, 5) is 18.7. The monoisotopic (exact) mass is 371 g/mol. The summed E-state index contributed by atoms with van der Waals surface area (Å²) >= 11 is 0. The second-order valence-corrected chi connectivity index (χ2v) is 5.13. The van der Waals surface area contributed by atoms with Crippen molar-refractivity contribution in [3.8, 4) is 11.5 Å². The number of unbranched alkanes of at least 4 members (excludes halogenated alkanes) is 2. The molecule has 138 valence electrons. The van der Waals surface area contributed by atoms with E-state index in [1.807, 2.05) is 18.2 Å². The van der Waals surface area contributed by atoms with Gasteiger partial charge in [0.1, 0.15) is 0 Å². The van der Waals surface area contributed by atoms with Crippen LogP contribution in [0.15, 0.2) is 24.4 Å². The molecule has 1 heterocycles. The fourth-order valence-corrected chi connectivity index (χ4v) is 2.39. The highest BCUT2D eigenvalue weighted by molar-refractivity contribution is 5.93. The molecule has 8 nitrogen and oxygen atoms in total. The summed E-state index contributed by atoms with van der Waals surface area (Å²) in [6.07, 6.45) is 4.13. The molecule has 0 aliphatic carbocycles. The zero-order valence-corrected chi connectivity index (χ0v) is 15.0. The van der Waals surface area contributed by atoms with Crippen LogP contribution in [0, 0.1) is 10.1 Å². The molecule has 0 radical (unpaired) electrons. The van der Waals surface area contributed by atoms with Gasteiger partial charge in [-0.3, -0.25) is 4.98 Å². The fourth-order valence-electron chi connectivity index (χ4n) is 2.39. The summed E-state index contributed by atoms with van der Waals surface area (Å²) in [5, 5.41) is 13.6. The lowest BCUT2D eigenvalue weighted by molar-refractivity contribution is -0.757. The average Bonchev–Trinajstić information content (AvgIpc) is 2.59. The van der Waals surface area contributed by atoms with Crippen molar-refractivity contribution >= 4 is 29.0 Å². The second-order valence-electron chi connectivity index (χ2n) is 5.13. The summed E-state index contributed by atoms with van der Waals surface area (Å²) in [5.74, 6) is 1.29. The van der Waals surface area contributed by atoms with Crippen LogP contribution in [0.25, 0.3) is 10.9 Å². The Labute approximate surface area is 152 Å². The first-order valence-corrected chi connectivity index (χ1v) is 7.67. The van der Waals surface area contributed by atoms with E-state index in [0.717, 1.165) is 36.0 Å². The molecule has 0 aliphatic heterocycles. The molecule has 25 heavy (non-hydrogen) atoms. The summed E-state index contributed by atoms with van der Waals surface area (Å²) in [6, 6.07) is 5.65. The maximum atomic E-state index is 10.0. The number of methoxy groups -OCH3 is 2. The van der Waals surface area contributed by atoms with Gasteiger partial charge in [0.05, 0.1) is 26.3 Å². The van der Waals surface area contributed by atoms with Crippen molar-refractivity contribution in [2.24, 2.45) is 0 Å². The van der Waals surface area contributed by atoms with Crippen LogP contribution in [0.4, 0.5) is 5.69 Å². The molecule has 2 aromatic rings. The van der Waals surface area contributed by atoms with Gasteiger partial charge < -0.3 is 19.6 Å². The lowest BCUT2D eigenvalue weighted by Crippen LogP contribution is -2.05. The van der Waals surface area contributed by atoms with Crippen LogP contribution in [-0.2, 0) is 4.84 Å². The molecule has 0 saturated heterocycles. The lowest BCUT2D eigenvalue weighted by atomic mass is 10.1. The normalized spacial score (nSPS) is 10.0. The molecular weight excluding hydrogens is 350 g/mol. The molecule has 1 aromatic carbocycles. The largest absolute Gasteiger partial charge is 0.493 e. The third-order valence-corrected chi connectivity index (χ3v) is 3.58. The number of fused-ring (bicyclic) bond motifs is 1. The molecule has 2 rings (SSSR count). The fraction of sp³-hybridized carbons (Fsp3) is 0.438. The van der Waals surface area contributed by atoms with Crippen molar-refractivity contribution < 1.29 is 19.4 Å². The third-order valence-electron chi connectivity index (χ3n) is 3.58. The van der Waals surface area contributed by atoms with Gasteiger partial charge >= 0.3 is 0 Å². The van der Waals surface area contributed by atoms with Crippen LogP contribution in [0.1, 0.15) is 19.3 Å². The van der Waals surface area contributed by atoms with E-state index in [1.165, 1.54) is 0 Å². The van der Waals surface area contributed by atoms with Crippen LogP contribution in [-0.4, -0.2) is 37.4 Å². The molecule has 9 heteroatoms. The van der Waals surface area contributed by atoms with E-state index in [0.29, 0.717) is 17.9 Å². The highest BCUT2D eigenvalue weighted by Crippen LogP contribution is 2.34. The van der Waals surface area contributed by atoms with Crippen molar-refractivity contribution in [1.29, 1.82) is 0 Å². The van der Waals surface area contributed by atoms with Gasteiger partial charge in [-0.1, -0.05) is 0 Å². The highest BCUT2D eigenvalue weighted by Gasteiger charge is 2.09. The maximum absolute atomic E-state index is 10.0. The summed E-state index contributed by atoms with van der Waals surface area (Å²) in [5.41, 5.74) is 1.78. The van der Waals surface area contributed by atoms with Crippen molar-refractivity contribution in [3.05, 3.63) is 34.5 Å². The number of benzene rings is 1. The average molecular weight is 372 g/mol. The van der Waals surface area contributed by atoms with E-state index in [9.17, 15) is 10.1 Å². The van der Waals surface area contributed by atoms with Crippen molar-refractivity contribution in [2.75, 3.05) is 32.7 Å². The van der Waals surface area contributed by atoms with Crippen LogP contribution >= 0.6 is 12.4 Å². The predicted octanol–water partition coefficient (Wildman–Crippen LogP) is 3.46. The summed E-state index contributed by atoms with van der Waals surface area (Å²) < 4.78 is 10.6. The van der Waals surface area contributed by atoms with Crippen LogP contribution in [0.3, 0.4) is 0 Å². The first-order valence-electron chi connectivity index (χ1n) is 7.67. The second kappa shape index (κ2) is 10.4. The van der Waals surface area contributed by atoms with E-state index >= 15 is 0 Å². The number of halogens is 1. The van der Waals surface area contributed by atoms with E-state index < -0.39 is 5.09 Å². The van der Waals surface area contributed by atoms with Gasteiger partial charge in [0.15, 0.2) is 11.5 Å². The number of hydrogen-bond acceptors (Lipinski definition) is 7. The van der Waals surface area contributed by atoms with Gasteiger partial charge in [-0.15, -0.1) is 22.5 Å². The Hall–Kier alpha value is -2.48. The Bertz CT molecular complexity index is 699. The molecule has 0 aliphatic rings. The van der Waals surface area contributed by atoms with Crippen molar-refractivity contribution in [1.82, 2.24) is 4.98 Å². The Kier molecular flexibility index (Phi) is 8.55. The van der Waals surface area contributed by atoms with E-state index in [2.05, 4.69) is 15.1 Å². The quantitative estimate of drug-likeness (QED) is 0.388. The molecule has 0 fully saturated rings. The number of aromatic nitrogens is 1. The van der Waals surface area contributed by atoms with Gasteiger partial charge in [0, 0.05) is 29.9 Å². The van der Waals surface area contributed by atoms with E-state index in [1.54, 1.807) is 20.4 Å².